The van der Waals surface area contributed by atoms with Gasteiger partial charge in [0.05, 0.1) is 17.1 Å². The molecule has 2 heterocycles. The van der Waals surface area contributed by atoms with E-state index in [-0.39, 0.29) is 6.10 Å². The highest BCUT2D eigenvalue weighted by Gasteiger charge is 2.32. The number of rotatable bonds is 5. The second-order valence-electron chi connectivity index (χ2n) is 8.53. The Morgan fingerprint density at radius 3 is 2.52 bits per heavy atom. The fourth-order valence-corrected chi connectivity index (χ4v) is 4.98. The lowest BCUT2D eigenvalue weighted by molar-refractivity contribution is 0.0526. The molecule has 1 aliphatic carbocycles. The molecule has 2 N–H and O–H groups in total. The van der Waals surface area contributed by atoms with E-state index in [1.165, 1.54) is 24.8 Å². The van der Waals surface area contributed by atoms with E-state index in [4.69, 9.17) is 0 Å². The van der Waals surface area contributed by atoms with E-state index in [0.29, 0.717) is 12.1 Å². The largest absolute Gasteiger partial charge is 0.391 e. The van der Waals surface area contributed by atoms with Gasteiger partial charge in [-0.3, -0.25) is 9.47 Å². The predicted molar refractivity (Wildman–Crippen MR) is 116 cm³/mol. The van der Waals surface area contributed by atoms with Crippen molar-refractivity contribution in [2.45, 2.75) is 56.8 Å². The third-order valence-electron chi connectivity index (χ3n) is 6.71. The van der Waals surface area contributed by atoms with Crippen molar-refractivity contribution in [3.05, 3.63) is 60.4 Å². The topological polar surface area (TPSA) is 53.3 Å². The molecule has 5 rings (SSSR count). The van der Waals surface area contributed by atoms with E-state index >= 15 is 0 Å². The molecule has 0 radical (unpaired) electrons. The summed E-state index contributed by atoms with van der Waals surface area (Å²) < 4.78 is 2.14. The lowest BCUT2D eigenvalue weighted by Gasteiger charge is -2.37. The zero-order valence-electron chi connectivity index (χ0n) is 16.9. The normalized spacial score (nSPS) is 23.8. The number of piperidine rings is 1. The molecule has 29 heavy (non-hydrogen) atoms. The van der Waals surface area contributed by atoms with E-state index in [1.807, 2.05) is 18.5 Å². The van der Waals surface area contributed by atoms with Gasteiger partial charge >= 0.3 is 0 Å². The van der Waals surface area contributed by atoms with E-state index in [1.54, 1.807) is 0 Å². The molecule has 1 saturated heterocycles. The van der Waals surface area contributed by atoms with Crippen molar-refractivity contribution in [1.29, 1.82) is 0 Å². The zero-order valence-corrected chi connectivity index (χ0v) is 16.9. The fourth-order valence-electron chi connectivity index (χ4n) is 4.98. The van der Waals surface area contributed by atoms with Gasteiger partial charge in [-0.05, 0) is 61.9 Å². The number of hydrogen-bond acceptors (Lipinski definition) is 4. The molecule has 2 fully saturated rings. The summed E-state index contributed by atoms with van der Waals surface area (Å²) in [7, 11) is 0. The Labute approximate surface area is 172 Å². The number of nitrogens with one attached hydrogen (secondary N) is 1. The molecule has 0 amide bonds. The summed E-state index contributed by atoms with van der Waals surface area (Å²) >= 11 is 0. The number of aliphatic hydroxyl groups is 1. The lowest BCUT2D eigenvalue weighted by Crippen LogP contribution is -2.48. The molecule has 2 aromatic carbocycles. The first-order chi connectivity index (χ1) is 14.3. The first-order valence-electron chi connectivity index (χ1n) is 10.9. The molecular weight excluding hydrogens is 360 g/mol. The Morgan fingerprint density at radius 1 is 0.966 bits per heavy atom. The monoisotopic (exact) mass is 390 g/mol. The van der Waals surface area contributed by atoms with Gasteiger partial charge < -0.3 is 10.4 Å². The van der Waals surface area contributed by atoms with Crippen molar-refractivity contribution in [3.8, 4) is 5.69 Å². The number of nitrogens with zero attached hydrogens (tertiary/aromatic N) is 3. The highest BCUT2D eigenvalue weighted by molar-refractivity contribution is 5.77. The Morgan fingerprint density at radius 2 is 1.76 bits per heavy atom. The van der Waals surface area contributed by atoms with Gasteiger partial charge in [0.1, 0.15) is 6.33 Å². The smallest absolute Gasteiger partial charge is 0.100 e. The van der Waals surface area contributed by atoms with Gasteiger partial charge in [-0.1, -0.05) is 24.3 Å². The summed E-state index contributed by atoms with van der Waals surface area (Å²) in [6.07, 6.45) is 7.45. The third-order valence-corrected chi connectivity index (χ3v) is 6.71. The van der Waals surface area contributed by atoms with E-state index in [2.05, 4.69) is 56.2 Å². The Balaban J connectivity index is 1.15. The van der Waals surface area contributed by atoms with Crippen LogP contribution in [0.15, 0.2) is 54.9 Å². The van der Waals surface area contributed by atoms with Crippen LogP contribution in [0.5, 0.6) is 0 Å². The highest BCUT2D eigenvalue weighted by Crippen LogP contribution is 2.27. The van der Waals surface area contributed by atoms with Gasteiger partial charge in [0, 0.05) is 37.4 Å². The molecule has 3 aromatic rings. The van der Waals surface area contributed by atoms with Crippen LogP contribution in [0.1, 0.15) is 37.7 Å². The molecule has 152 valence electrons. The van der Waals surface area contributed by atoms with E-state index < -0.39 is 0 Å². The minimum atomic E-state index is -0.106. The number of aromatic nitrogens is 2. The summed E-state index contributed by atoms with van der Waals surface area (Å²) in [5, 5.41) is 13.9. The minimum absolute atomic E-state index is 0.106. The molecular formula is C24H30N4O. The molecule has 2 unspecified atom stereocenters. The number of hydrogen-bond donors (Lipinski definition) is 2. The van der Waals surface area contributed by atoms with Gasteiger partial charge in [-0.15, -0.1) is 0 Å². The van der Waals surface area contributed by atoms with Crippen LogP contribution in [0.2, 0.25) is 0 Å². The maximum absolute atomic E-state index is 10.1. The summed E-state index contributed by atoms with van der Waals surface area (Å²) in [6.45, 7) is 3.11. The number of fused-ring (bicyclic) bond motifs is 1. The van der Waals surface area contributed by atoms with Gasteiger partial charge in [0.2, 0.25) is 0 Å². The van der Waals surface area contributed by atoms with Gasteiger partial charge in [-0.2, -0.15) is 0 Å². The summed E-state index contributed by atoms with van der Waals surface area (Å²) in [5.41, 5.74) is 4.62. The minimum Gasteiger partial charge on any atom is -0.391 e. The summed E-state index contributed by atoms with van der Waals surface area (Å²) in [5.74, 6) is 0. The van der Waals surface area contributed by atoms with Crippen molar-refractivity contribution in [2.75, 3.05) is 13.1 Å². The average Bonchev–Trinajstić information content (AvgIpc) is 3.39. The molecule has 2 aliphatic rings. The SMILES string of the molecule is OC1CCCC1N1CCC(NCc2ccc(-n3cnc4ccccc43)cc2)CC1. The molecule has 2 atom stereocenters. The fraction of sp³-hybridized carbons (Fsp3) is 0.458. The number of imidazole rings is 1. The molecule has 1 aromatic heterocycles. The first-order valence-corrected chi connectivity index (χ1v) is 10.9. The Hall–Kier alpha value is -2.21. The lowest BCUT2D eigenvalue weighted by atomic mass is 10.0. The zero-order chi connectivity index (χ0) is 19.6. The van der Waals surface area contributed by atoms with Crippen LogP contribution in [0.3, 0.4) is 0 Å². The molecule has 1 aliphatic heterocycles. The quantitative estimate of drug-likeness (QED) is 0.700. The van der Waals surface area contributed by atoms with Crippen molar-refractivity contribution in [1.82, 2.24) is 19.8 Å². The van der Waals surface area contributed by atoms with Crippen LogP contribution in [-0.2, 0) is 6.54 Å². The third kappa shape index (κ3) is 3.95. The molecule has 0 bridgehead atoms. The van der Waals surface area contributed by atoms with Gasteiger partial charge in [0.25, 0.3) is 0 Å². The van der Waals surface area contributed by atoms with Crippen LogP contribution < -0.4 is 5.32 Å². The second-order valence-corrected chi connectivity index (χ2v) is 8.53. The number of likely N-dealkylation sites (tertiary alicyclic amines) is 1. The number of para-hydroxylation sites is 2. The standard InChI is InChI=1S/C24H30N4O/c29-24-7-3-6-23(24)27-14-12-19(13-15-27)25-16-18-8-10-20(11-9-18)28-17-26-21-4-1-2-5-22(21)28/h1-2,4-5,8-11,17,19,23-25,29H,3,6-7,12-16H2. The molecule has 0 spiro atoms. The van der Waals surface area contributed by atoms with E-state index in [9.17, 15) is 5.11 Å². The van der Waals surface area contributed by atoms with Crippen LogP contribution in [-0.4, -0.2) is 50.8 Å². The highest BCUT2D eigenvalue weighted by atomic mass is 16.3. The summed E-state index contributed by atoms with van der Waals surface area (Å²) in [4.78, 5) is 7.00. The Bertz CT molecular complexity index is 943. The number of aliphatic hydroxyl groups excluding tert-OH is 1. The number of benzene rings is 2. The van der Waals surface area contributed by atoms with Crippen LogP contribution in [0, 0.1) is 0 Å². The van der Waals surface area contributed by atoms with Crippen molar-refractivity contribution < 1.29 is 5.11 Å². The first kappa shape index (κ1) is 18.8. The van der Waals surface area contributed by atoms with Crippen molar-refractivity contribution >= 4 is 11.0 Å². The van der Waals surface area contributed by atoms with Crippen molar-refractivity contribution in [2.24, 2.45) is 0 Å². The second kappa shape index (κ2) is 8.27. The Kier molecular flexibility index (Phi) is 5.36. The van der Waals surface area contributed by atoms with Crippen LogP contribution in [0.25, 0.3) is 16.7 Å². The van der Waals surface area contributed by atoms with Gasteiger partial charge in [-0.25, -0.2) is 4.98 Å². The maximum Gasteiger partial charge on any atom is 0.100 e. The van der Waals surface area contributed by atoms with Gasteiger partial charge in [0.15, 0.2) is 0 Å². The van der Waals surface area contributed by atoms with Crippen molar-refractivity contribution in [3.63, 3.8) is 0 Å². The molecule has 1 saturated carbocycles. The predicted octanol–water partition coefficient (Wildman–Crippen LogP) is 3.49. The molecule has 5 nitrogen and oxygen atoms in total. The van der Waals surface area contributed by atoms with E-state index in [0.717, 1.165) is 49.2 Å². The van der Waals surface area contributed by atoms with Crippen LogP contribution >= 0.6 is 0 Å². The average molecular weight is 391 g/mol. The molecule has 5 heteroatoms. The summed E-state index contributed by atoms with van der Waals surface area (Å²) in [6, 6.07) is 18.0. The van der Waals surface area contributed by atoms with Crippen LogP contribution in [0.4, 0.5) is 0 Å². The maximum atomic E-state index is 10.1.